The van der Waals surface area contributed by atoms with Gasteiger partial charge < -0.3 is 0 Å². The number of hydrogen-bond donors (Lipinski definition) is 1. The van der Waals surface area contributed by atoms with Crippen molar-refractivity contribution in [1.29, 1.82) is 0 Å². The van der Waals surface area contributed by atoms with E-state index in [0.29, 0.717) is 5.39 Å². The molecule has 0 heterocycles. The summed E-state index contributed by atoms with van der Waals surface area (Å²) in [6.07, 6.45) is 0. The Labute approximate surface area is 54.8 Å². The van der Waals surface area contributed by atoms with Crippen LogP contribution in [0.4, 0.5) is 0 Å². The van der Waals surface area contributed by atoms with Gasteiger partial charge in [-0.2, -0.15) is 14.0 Å². The SMILES string of the molecule is CON(ON)OI. The maximum absolute atomic E-state index is 4.56. The first-order valence-electron chi connectivity index (χ1n) is 1.35. The minimum absolute atomic E-state index is 0.639. The van der Waals surface area contributed by atoms with Gasteiger partial charge in [-0.3, -0.25) is 4.84 Å². The van der Waals surface area contributed by atoms with Gasteiger partial charge in [0, 0.05) is 0 Å². The van der Waals surface area contributed by atoms with Gasteiger partial charge >= 0.3 is 0 Å². The Balaban J connectivity index is 2.99. The van der Waals surface area contributed by atoms with Crippen LogP contribution in [-0.2, 0) is 12.9 Å². The van der Waals surface area contributed by atoms with Crippen molar-refractivity contribution < 1.29 is 12.9 Å². The molecule has 0 rings (SSSR count). The summed E-state index contributed by atoms with van der Waals surface area (Å²) >= 11 is 1.55. The lowest BCUT2D eigenvalue weighted by molar-refractivity contribution is -0.472. The van der Waals surface area contributed by atoms with Crippen molar-refractivity contribution in [2.75, 3.05) is 7.11 Å². The fourth-order valence-electron chi connectivity index (χ4n) is 0.0875. The number of hydrogen-bond acceptors (Lipinski definition) is 5. The first-order valence-corrected chi connectivity index (χ1v) is 2.23. The van der Waals surface area contributed by atoms with Crippen LogP contribution in [0.15, 0.2) is 0 Å². The summed E-state index contributed by atoms with van der Waals surface area (Å²) in [5.74, 6) is 4.56. The summed E-state index contributed by atoms with van der Waals surface area (Å²) in [6.45, 7) is 0. The molecule has 0 aliphatic carbocycles. The molecule has 7 heavy (non-hydrogen) atoms. The third-order valence-electron chi connectivity index (χ3n) is 0.291. The minimum atomic E-state index is 0.639. The summed E-state index contributed by atoms with van der Waals surface area (Å²) in [7, 11) is 1.35. The first-order chi connectivity index (χ1) is 3.35. The van der Waals surface area contributed by atoms with Crippen LogP contribution in [-0.4, -0.2) is 12.5 Å². The van der Waals surface area contributed by atoms with Crippen molar-refractivity contribution in [3.8, 4) is 0 Å². The minimum Gasteiger partial charge on any atom is -0.252 e. The molecule has 0 aliphatic rings. The molecule has 0 aromatic heterocycles. The zero-order chi connectivity index (χ0) is 5.70. The molecule has 0 unspecified atom stereocenters. The van der Waals surface area contributed by atoms with Gasteiger partial charge in [-0.1, -0.05) is 0 Å². The van der Waals surface area contributed by atoms with Gasteiger partial charge in [-0.15, -0.1) is 0 Å². The van der Waals surface area contributed by atoms with Crippen molar-refractivity contribution in [3.63, 3.8) is 0 Å². The summed E-state index contributed by atoms with van der Waals surface area (Å²) in [5.41, 5.74) is 0. The van der Waals surface area contributed by atoms with E-state index < -0.39 is 0 Å². The van der Waals surface area contributed by atoms with Crippen molar-refractivity contribution in [1.82, 2.24) is 5.39 Å². The monoisotopic (exact) mass is 220 g/mol. The molecule has 0 fully saturated rings. The van der Waals surface area contributed by atoms with Crippen LogP contribution in [0.1, 0.15) is 0 Å². The van der Waals surface area contributed by atoms with E-state index in [2.05, 4.69) is 18.8 Å². The van der Waals surface area contributed by atoms with E-state index in [1.54, 1.807) is 23.0 Å². The number of halogens is 1. The van der Waals surface area contributed by atoms with Gasteiger partial charge in [0.15, 0.2) is 0 Å². The Morgan fingerprint density at radius 1 is 1.71 bits per heavy atom. The van der Waals surface area contributed by atoms with E-state index in [4.69, 9.17) is 0 Å². The third kappa shape index (κ3) is 3.14. The molecule has 0 aromatic carbocycles. The average molecular weight is 220 g/mol. The number of rotatable bonds is 3. The lowest BCUT2D eigenvalue weighted by Crippen LogP contribution is -2.22. The Kier molecular flexibility index (Phi) is 5.04. The van der Waals surface area contributed by atoms with Crippen molar-refractivity contribution in [3.05, 3.63) is 0 Å². The summed E-state index contributed by atoms with van der Waals surface area (Å²) in [5, 5.41) is 0.639. The van der Waals surface area contributed by atoms with Gasteiger partial charge in [-0.25, -0.2) is 0 Å². The maximum atomic E-state index is 4.56. The number of nitrogens with two attached hydrogens (primary N) is 1. The van der Waals surface area contributed by atoms with Gasteiger partial charge in [-0.05, 0) is 0 Å². The normalized spacial score (nSPS) is 10.3. The predicted molar refractivity (Wildman–Crippen MR) is 29.2 cm³/mol. The molecular formula is CH5IN2O3. The molecule has 0 aliphatic heterocycles. The number of nitrogens with zero attached hydrogens (tertiary/aromatic N) is 1. The standard InChI is InChI=1S/CH5IN2O3/c1-5-4(6-2)7-3/h3H2,1H3. The van der Waals surface area contributed by atoms with E-state index in [9.17, 15) is 0 Å². The van der Waals surface area contributed by atoms with Gasteiger partial charge in [0.05, 0.1) is 7.11 Å². The third-order valence-corrected chi connectivity index (χ3v) is 0.613. The smallest absolute Gasteiger partial charge is 0.143 e. The van der Waals surface area contributed by atoms with Crippen LogP contribution in [0, 0.1) is 0 Å². The van der Waals surface area contributed by atoms with Crippen molar-refractivity contribution >= 4 is 23.0 Å². The summed E-state index contributed by atoms with van der Waals surface area (Å²) in [4.78, 5) is 8.24. The topological polar surface area (TPSA) is 57.0 Å². The quantitative estimate of drug-likeness (QED) is 0.533. The van der Waals surface area contributed by atoms with E-state index in [1.165, 1.54) is 7.11 Å². The van der Waals surface area contributed by atoms with E-state index in [0.717, 1.165) is 0 Å². The highest BCUT2D eigenvalue weighted by molar-refractivity contribution is 14.1. The highest BCUT2D eigenvalue weighted by atomic mass is 127. The largest absolute Gasteiger partial charge is 0.252 e. The fourth-order valence-corrected chi connectivity index (χ4v) is 0.341. The van der Waals surface area contributed by atoms with Crippen LogP contribution in [0.2, 0.25) is 0 Å². The van der Waals surface area contributed by atoms with E-state index in [-0.39, 0.29) is 0 Å². The van der Waals surface area contributed by atoms with E-state index in [1.807, 2.05) is 0 Å². The van der Waals surface area contributed by atoms with E-state index >= 15 is 0 Å². The lowest BCUT2D eigenvalue weighted by Gasteiger charge is -2.06. The second-order valence-electron chi connectivity index (χ2n) is 0.581. The van der Waals surface area contributed by atoms with Crippen LogP contribution >= 0.6 is 23.0 Å². The van der Waals surface area contributed by atoms with Gasteiger partial charge in [0.25, 0.3) is 0 Å². The highest BCUT2D eigenvalue weighted by Gasteiger charge is 1.95. The van der Waals surface area contributed by atoms with Crippen LogP contribution < -0.4 is 5.90 Å². The lowest BCUT2D eigenvalue weighted by atomic mass is 11.7. The van der Waals surface area contributed by atoms with Gasteiger partial charge in [0.2, 0.25) is 0 Å². The van der Waals surface area contributed by atoms with Crippen LogP contribution in [0.3, 0.4) is 0 Å². The molecule has 0 saturated carbocycles. The van der Waals surface area contributed by atoms with Crippen LogP contribution in [0.25, 0.3) is 0 Å². The Bertz CT molecular complexity index is 34.4. The molecule has 0 atom stereocenters. The molecule has 0 bridgehead atoms. The predicted octanol–water partition coefficient (Wildman–Crippen LogP) is -0.0633. The first kappa shape index (κ1) is 7.53. The fraction of sp³-hybridized carbons (Fsp3) is 1.00. The zero-order valence-corrected chi connectivity index (χ0v) is 5.78. The molecule has 0 saturated heterocycles. The zero-order valence-electron chi connectivity index (χ0n) is 3.63. The second kappa shape index (κ2) is 4.68. The molecule has 0 radical (unpaired) electrons. The Morgan fingerprint density at radius 3 is 2.29 bits per heavy atom. The molecule has 6 heteroatoms. The maximum Gasteiger partial charge on any atom is 0.143 e. The summed E-state index contributed by atoms with van der Waals surface area (Å²) < 4.78 is 4.28. The molecule has 2 N–H and O–H groups in total. The van der Waals surface area contributed by atoms with Crippen molar-refractivity contribution in [2.24, 2.45) is 5.90 Å². The molecule has 44 valence electrons. The molecule has 0 spiro atoms. The highest BCUT2D eigenvalue weighted by Crippen LogP contribution is 1.92. The van der Waals surface area contributed by atoms with Gasteiger partial charge in [0.1, 0.15) is 28.4 Å². The van der Waals surface area contributed by atoms with Crippen molar-refractivity contribution in [2.45, 2.75) is 0 Å². The average Bonchev–Trinajstić information content (AvgIpc) is 1.72. The second-order valence-corrected chi connectivity index (χ2v) is 0.975. The molecule has 0 aromatic rings. The molecule has 0 amide bonds. The Morgan fingerprint density at radius 2 is 2.29 bits per heavy atom. The molecular weight excluding hydrogens is 215 g/mol. The van der Waals surface area contributed by atoms with Crippen LogP contribution in [0.5, 0.6) is 0 Å². The summed E-state index contributed by atoms with van der Waals surface area (Å²) in [6, 6.07) is 0. The Hall–Kier alpha value is 0.530. The molecule has 5 nitrogen and oxygen atoms in total.